The van der Waals surface area contributed by atoms with Gasteiger partial charge in [-0.15, -0.1) is 10.2 Å². The van der Waals surface area contributed by atoms with Crippen molar-refractivity contribution in [2.24, 2.45) is 0 Å². The van der Waals surface area contributed by atoms with Crippen molar-refractivity contribution >= 4 is 16.5 Å². The molecule has 7 rings (SSSR count). The zero-order chi connectivity index (χ0) is 28.3. The first-order valence-corrected chi connectivity index (χ1v) is 14.8. The molecule has 1 fully saturated rings. The number of hydrogen-bond acceptors (Lipinski definition) is 9. The molecule has 0 bridgehead atoms. The Morgan fingerprint density at radius 3 is 2.36 bits per heavy atom. The number of pyridine rings is 2. The Hall–Kier alpha value is -4.80. The topological polar surface area (TPSA) is 122 Å². The van der Waals surface area contributed by atoms with Crippen LogP contribution in [0.4, 0.5) is 5.13 Å². The lowest BCUT2D eigenvalue weighted by Gasteiger charge is -2.31. The molecule has 208 valence electrons. The van der Waals surface area contributed by atoms with Gasteiger partial charge in [-0.05, 0) is 66.4 Å². The van der Waals surface area contributed by atoms with Gasteiger partial charge in [0.25, 0.3) is 0 Å². The molecule has 0 unspecified atom stereocenters. The molecule has 0 atom stereocenters. The van der Waals surface area contributed by atoms with Crippen molar-refractivity contribution in [3.05, 3.63) is 103 Å². The van der Waals surface area contributed by atoms with Crippen LogP contribution in [0, 0.1) is 0 Å². The van der Waals surface area contributed by atoms with Gasteiger partial charge < -0.3 is 5.73 Å². The minimum Gasteiger partial charge on any atom is -0.374 e. The van der Waals surface area contributed by atoms with E-state index in [1.165, 1.54) is 16.9 Å². The smallest absolute Gasteiger partial charge is 0.203 e. The molecular formula is C32H29N9S. The second kappa shape index (κ2) is 11.6. The largest absolute Gasteiger partial charge is 0.374 e. The van der Waals surface area contributed by atoms with Crippen LogP contribution in [0.3, 0.4) is 0 Å². The fourth-order valence-corrected chi connectivity index (χ4v) is 6.05. The first kappa shape index (κ1) is 26.1. The summed E-state index contributed by atoms with van der Waals surface area (Å²) in [5, 5.41) is 16.9. The van der Waals surface area contributed by atoms with Gasteiger partial charge in [0.1, 0.15) is 17.2 Å². The molecule has 0 amide bonds. The van der Waals surface area contributed by atoms with Crippen LogP contribution >= 0.6 is 11.3 Å². The zero-order valence-electron chi connectivity index (χ0n) is 22.9. The number of nitrogens with zero attached hydrogens (tertiary/aromatic N) is 7. The summed E-state index contributed by atoms with van der Waals surface area (Å²) in [6.45, 7) is 2.95. The molecule has 0 radical (unpaired) electrons. The molecule has 1 aliphatic rings. The Morgan fingerprint density at radius 1 is 0.833 bits per heavy atom. The highest BCUT2D eigenvalue weighted by molar-refractivity contribution is 7.18. The number of hydrogen-bond donors (Lipinski definition) is 2. The van der Waals surface area contributed by atoms with E-state index in [1.54, 1.807) is 6.20 Å². The van der Waals surface area contributed by atoms with Crippen LogP contribution in [-0.4, -0.2) is 53.3 Å². The van der Waals surface area contributed by atoms with E-state index in [0.717, 1.165) is 71.9 Å². The Kier molecular flexibility index (Phi) is 7.21. The molecule has 1 aliphatic heterocycles. The van der Waals surface area contributed by atoms with E-state index in [2.05, 4.69) is 72.7 Å². The van der Waals surface area contributed by atoms with E-state index in [4.69, 9.17) is 15.7 Å². The van der Waals surface area contributed by atoms with E-state index >= 15 is 0 Å². The van der Waals surface area contributed by atoms with E-state index in [9.17, 15) is 0 Å². The summed E-state index contributed by atoms with van der Waals surface area (Å²) >= 11 is 1.34. The number of piperidine rings is 1. The molecule has 3 N–H and O–H groups in total. The Bertz CT molecular complexity index is 1770. The van der Waals surface area contributed by atoms with Crippen LogP contribution in [0.1, 0.15) is 30.1 Å². The van der Waals surface area contributed by atoms with Gasteiger partial charge in [-0.25, -0.2) is 4.98 Å². The van der Waals surface area contributed by atoms with Crippen LogP contribution in [-0.2, 0) is 6.54 Å². The summed E-state index contributed by atoms with van der Waals surface area (Å²) in [4.78, 5) is 16.3. The summed E-state index contributed by atoms with van der Waals surface area (Å²) in [5.74, 6) is 2.01. The summed E-state index contributed by atoms with van der Waals surface area (Å²) in [6, 6.07) is 27.1. The van der Waals surface area contributed by atoms with Crippen molar-refractivity contribution in [2.45, 2.75) is 25.3 Å². The van der Waals surface area contributed by atoms with Crippen LogP contribution in [0.25, 0.3) is 44.5 Å². The van der Waals surface area contributed by atoms with Crippen molar-refractivity contribution in [1.82, 2.24) is 40.2 Å². The van der Waals surface area contributed by atoms with Gasteiger partial charge in [0.2, 0.25) is 5.13 Å². The van der Waals surface area contributed by atoms with Crippen LogP contribution < -0.4 is 5.73 Å². The second-order valence-electron chi connectivity index (χ2n) is 10.4. The minimum absolute atomic E-state index is 0.384. The van der Waals surface area contributed by atoms with Crippen molar-refractivity contribution in [3.63, 3.8) is 0 Å². The Labute approximate surface area is 247 Å². The molecule has 4 aromatic heterocycles. The molecule has 6 aromatic rings. The molecule has 1 saturated heterocycles. The summed E-state index contributed by atoms with van der Waals surface area (Å²) in [5.41, 5.74) is 13.1. The number of nitrogens with one attached hydrogen (secondary N) is 1. The number of benzene rings is 2. The third-order valence-electron chi connectivity index (χ3n) is 7.69. The van der Waals surface area contributed by atoms with Gasteiger partial charge in [-0.3, -0.25) is 20.0 Å². The maximum atomic E-state index is 5.84. The fraction of sp³-hybridized carbons (Fsp3) is 0.188. The average Bonchev–Trinajstić information content (AvgIpc) is 3.72. The number of anilines is 1. The number of H-pyrrole nitrogens is 1. The van der Waals surface area contributed by atoms with Crippen molar-refractivity contribution < 1.29 is 0 Å². The third kappa shape index (κ3) is 5.54. The van der Waals surface area contributed by atoms with Crippen molar-refractivity contribution in [1.29, 1.82) is 0 Å². The lowest BCUT2D eigenvalue weighted by Crippen LogP contribution is -2.32. The number of rotatable bonds is 7. The van der Waals surface area contributed by atoms with Gasteiger partial charge in [0, 0.05) is 30.4 Å². The third-order valence-corrected chi connectivity index (χ3v) is 8.47. The Balaban J connectivity index is 1.05. The molecule has 5 heterocycles. The number of nitrogens with two attached hydrogens (primary N) is 1. The highest BCUT2D eigenvalue weighted by Gasteiger charge is 2.24. The molecule has 9 nitrogen and oxygen atoms in total. The van der Waals surface area contributed by atoms with Gasteiger partial charge in [0.05, 0.1) is 0 Å². The lowest BCUT2D eigenvalue weighted by atomic mass is 9.94. The maximum absolute atomic E-state index is 5.84. The predicted octanol–water partition coefficient (Wildman–Crippen LogP) is 6.08. The van der Waals surface area contributed by atoms with E-state index in [1.807, 2.05) is 42.6 Å². The molecule has 0 saturated carbocycles. The van der Waals surface area contributed by atoms with Gasteiger partial charge in [-0.1, -0.05) is 72.0 Å². The minimum atomic E-state index is 0.384. The standard InChI is InChI=1S/C32H29N9S/c33-32-40-39-31(42-32)28-18-25(26(19-35-28)22-6-2-1-3-7-22)23-11-9-21(10-12-23)20-41-16-13-24(14-17-41)29-36-30(38-37-29)27-8-4-5-15-34-27/h1-12,15,18-19,24H,13-14,16-17,20H2,(H2,33,40)(H,36,37,38). The second-order valence-corrected chi connectivity index (χ2v) is 11.4. The number of aromatic amines is 1. The van der Waals surface area contributed by atoms with E-state index in [0.29, 0.717) is 21.9 Å². The van der Waals surface area contributed by atoms with E-state index < -0.39 is 0 Å². The molecule has 0 aliphatic carbocycles. The highest BCUT2D eigenvalue weighted by atomic mass is 32.1. The molecule has 2 aromatic carbocycles. The predicted molar refractivity (Wildman–Crippen MR) is 165 cm³/mol. The molecule has 0 spiro atoms. The fourth-order valence-electron chi connectivity index (χ4n) is 5.48. The van der Waals surface area contributed by atoms with Crippen LogP contribution in [0.5, 0.6) is 0 Å². The van der Waals surface area contributed by atoms with Crippen molar-refractivity contribution in [2.75, 3.05) is 18.8 Å². The van der Waals surface area contributed by atoms with Crippen LogP contribution in [0.2, 0.25) is 0 Å². The molecule has 10 heteroatoms. The van der Waals surface area contributed by atoms with Crippen LogP contribution in [0.15, 0.2) is 91.3 Å². The van der Waals surface area contributed by atoms with Gasteiger partial charge in [-0.2, -0.15) is 5.10 Å². The van der Waals surface area contributed by atoms with Crippen molar-refractivity contribution in [3.8, 4) is 44.5 Å². The zero-order valence-corrected chi connectivity index (χ0v) is 23.7. The molecule has 42 heavy (non-hydrogen) atoms. The van der Waals surface area contributed by atoms with E-state index in [-0.39, 0.29) is 0 Å². The lowest BCUT2D eigenvalue weighted by molar-refractivity contribution is 0.202. The first-order valence-electron chi connectivity index (χ1n) is 14.0. The number of aromatic nitrogens is 7. The summed E-state index contributed by atoms with van der Waals surface area (Å²) in [7, 11) is 0. The van der Waals surface area contributed by atoms with Gasteiger partial charge in [0.15, 0.2) is 10.8 Å². The highest BCUT2D eigenvalue weighted by Crippen LogP contribution is 2.36. The quantitative estimate of drug-likeness (QED) is 0.237. The first-order chi connectivity index (χ1) is 20.7. The SMILES string of the molecule is Nc1nnc(-c2cc(-c3ccc(CN4CCC(c5nc(-c6ccccn6)n[nH]5)CC4)cc3)c(-c3ccccc3)cn2)s1. The monoisotopic (exact) mass is 571 g/mol. The molecular weight excluding hydrogens is 542 g/mol. The Morgan fingerprint density at radius 2 is 1.62 bits per heavy atom. The normalized spacial score (nSPS) is 14.3. The number of likely N-dealkylation sites (tertiary alicyclic amines) is 1. The number of nitrogen functional groups attached to an aromatic ring is 1. The van der Waals surface area contributed by atoms with Gasteiger partial charge >= 0.3 is 0 Å². The summed E-state index contributed by atoms with van der Waals surface area (Å²) < 4.78 is 0. The average molecular weight is 572 g/mol. The summed E-state index contributed by atoms with van der Waals surface area (Å²) in [6.07, 6.45) is 5.78. The maximum Gasteiger partial charge on any atom is 0.203 e.